The molecule has 1 amide bonds. The lowest BCUT2D eigenvalue weighted by atomic mass is 10.2. The highest BCUT2D eigenvalue weighted by Gasteiger charge is 2.19. The van der Waals surface area contributed by atoms with Gasteiger partial charge >= 0.3 is 17.8 Å². The second-order valence-electron chi connectivity index (χ2n) is 7.78. The van der Waals surface area contributed by atoms with Crippen molar-refractivity contribution in [1.82, 2.24) is 19.9 Å². The smallest absolute Gasteiger partial charge is 0.407 e. The number of carboxylic acids is 1. The number of pyridine rings is 1. The summed E-state index contributed by atoms with van der Waals surface area (Å²) in [6, 6.07) is 13.8. The van der Waals surface area contributed by atoms with E-state index in [0.29, 0.717) is 24.5 Å². The Morgan fingerprint density at radius 1 is 1.09 bits per heavy atom. The Bertz CT molecular complexity index is 1170. The van der Waals surface area contributed by atoms with Crippen LogP contribution in [0.3, 0.4) is 0 Å². The summed E-state index contributed by atoms with van der Waals surface area (Å²) in [4.78, 5) is 44.3. The SMILES string of the molecule is Cc1cn(CC(CC(=O)O)NC(=O)OCc2ccccc2)c(=O)nc1NCCNc1ccccn1. The predicted molar refractivity (Wildman–Crippen MR) is 130 cm³/mol. The molecule has 11 heteroatoms. The number of rotatable bonds is 12. The molecule has 1 aromatic carbocycles. The zero-order chi connectivity index (χ0) is 25.0. The van der Waals surface area contributed by atoms with Crippen molar-refractivity contribution < 1.29 is 19.4 Å². The van der Waals surface area contributed by atoms with E-state index in [1.165, 1.54) is 4.57 Å². The quantitative estimate of drug-likeness (QED) is 0.286. The van der Waals surface area contributed by atoms with Crippen molar-refractivity contribution in [2.24, 2.45) is 0 Å². The summed E-state index contributed by atoms with van der Waals surface area (Å²) in [5.41, 5.74) is 0.931. The monoisotopic (exact) mass is 480 g/mol. The van der Waals surface area contributed by atoms with Crippen LogP contribution in [0.25, 0.3) is 0 Å². The number of ether oxygens (including phenoxy) is 1. The van der Waals surface area contributed by atoms with Gasteiger partial charge in [0.1, 0.15) is 18.2 Å². The minimum Gasteiger partial charge on any atom is -0.481 e. The number of carbonyl (C=O) groups is 2. The van der Waals surface area contributed by atoms with Crippen molar-refractivity contribution in [3.8, 4) is 0 Å². The third-order valence-electron chi connectivity index (χ3n) is 4.94. The van der Waals surface area contributed by atoms with Crippen LogP contribution in [0.15, 0.2) is 65.7 Å². The molecule has 0 radical (unpaired) electrons. The summed E-state index contributed by atoms with van der Waals surface area (Å²) in [5, 5.41) is 18.0. The highest BCUT2D eigenvalue weighted by Crippen LogP contribution is 2.09. The Balaban J connectivity index is 1.56. The standard InChI is InChI=1S/C24H28N6O5/c1-17-14-30(23(33)29-22(17)27-12-11-26-20-9-5-6-10-25-20)15-19(13-21(31)32)28-24(34)35-16-18-7-3-2-4-8-18/h2-10,14,19H,11-13,15-16H2,1H3,(H,25,26)(H,28,34)(H,31,32)(H,27,29,33). The summed E-state index contributed by atoms with van der Waals surface area (Å²) in [6.45, 7) is 2.83. The maximum absolute atomic E-state index is 12.6. The van der Waals surface area contributed by atoms with Gasteiger partial charge in [0.15, 0.2) is 0 Å². The molecule has 0 spiro atoms. The van der Waals surface area contributed by atoms with Crippen LogP contribution in [-0.4, -0.2) is 50.8 Å². The number of carboxylic acid groups (broad SMARTS) is 1. The molecular formula is C24H28N6O5. The van der Waals surface area contributed by atoms with E-state index in [4.69, 9.17) is 4.74 Å². The molecule has 35 heavy (non-hydrogen) atoms. The average molecular weight is 481 g/mol. The second kappa shape index (κ2) is 12.7. The molecule has 0 fully saturated rings. The number of anilines is 2. The Kier molecular flexibility index (Phi) is 9.17. The number of amides is 1. The van der Waals surface area contributed by atoms with Gasteiger partial charge in [0, 0.05) is 37.6 Å². The fourth-order valence-electron chi connectivity index (χ4n) is 3.29. The molecular weight excluding hydrogens is 452 g/mol. The first-order valence-electron chi connectivity index (χ1n) is 11.1. The van der Waals surface area contributed by atoms with Crippen LogP contribution in [0.5, 0.6) is 0 Å². The van der Waals surface area contributed by atoms with Crippen LogP contribution in [0.1, 0.15) is 17.5 Å². The van der Waals surface area contributed by atoms with Crippen molar-refractivity contribution >= 4 is 23.7 Å². The third-order valence-corrected chi connectivity index (χ3v) is 4.94. The molecule has 2 aromatic heterocycles. The molecule has 1 atom stereocenters. The van der Waals surface area contributed by atoms with Gasteiger partial charge in [-0.3, -0.25) is 9.36 Å². The number of benzene rings is 1. The Morgan fingerprint density at radius 2 is 1.83 bits per heavy atom. The molecule has 4 N–H and O–H groups in total. The molecule has 3 rings (SSSR count). The zero-order valence-corrected chi connectivity index (χ0v) is 19.3. The van der Waals surface area contributed by atoms with Gasteiger partial charge in [-0.15, -0.1) is 0 Å². The molecule has 0 aliphatic heterocycles. The lowest BCUT2D eigenvalue weighted by Gasteiger charge is -2.19. The van der Waals surface area contributed by atoms with Gasteiger partial charge in [-0.25, -0.2) is 14.6 Å². The predicted octanol–water partition coefficient (Wildman–Crippen LogP) is 2.24. The number of nitrogens with zero attached hydrogens (tertiary/aromatic N) is 3. The number of aryl methyl sites for hydroxylation is 1. The van der Waals surface area contributed by atoms with Crippen LogP contribution < -0.4 is 21.6 Å². The largest absolute Gasteiger partial charge is 0.481 e. The molecule has 0 aliphatic rings. The molecule has 1 unspecified atom stereocenters. The van der Waals surface area contributed by atoms with Crippen molar-refractivity contribution in [2.75, 3.05) is 23.7 Å². The van der Waals surface area contributed by atoms with E-state index in [0.717, 1.165) is 11.4 Å². The zero-order valence-electron chi connectivity index (χ0n) is 19.3. The maximum Gasteiger partial charge on any atom is 0.407 e. The summed E-state index contributed by atoms with van der Waals surface area (Å²) in [7, 11) is 0. The van der Waals surface area contributed by atoms with Gasteiger partial charge in [-0.2, -0.15) is 4.98 Å². The lowest BCUT2D eigenvalue weighted by molar-refractivity contribution is -0.137. The number of aromatic nitrogens is 3. The first-order chi connectivity index (χ1) is 16.9. The summed E-state index contributed by atoms with van der Waals surface area (Å²) in [6.07, 6.45) is 2.12. The van der Waals surface area contributed by atoms with Crippen molar-refractivity contribution in [3.05, 3.63) is 82.5 Å². The number of hydrogen-bond donors (Lipinski definition) is 4. The number of alkyl carbamates (subject to hydrolysis) is 1. The van der Waals surface area contributed by atoms with E-state index in [1.807, 2.05) is 36.4 Å². The van der Waals surface area contributed by atoms with Gasteiger partial charge in [0.05, 0.1) is 12.5 Å². The van der Waals surface area contributed by atoms with Crippen LogP contribution >= 0.6 is 0 Å². The summed E-state index contributed by atoms with van der Waals surface area (Å²) < 4.78 is 6.45. The van der Waals surface area contributed by atoms with E-state index < -0.39 is 23.8 Å². The molecule has 0 saturated heterocycles. The van der Waals surface area contributed by atoms with E-state index in [-0.39, 0.29) is 19.6 Å². The Labute approximate surface area is 202 Å². The van der Waals surface area contributed by atoms with Crippen LogP contribution in [0.4, 0.5) is 16.4 Å². The van der Waals surface area contributed by atoms with Gasteiger partial charge in [0.25, 0.3) is 0 Å². The topological polar surface area (TPSA) is 147 Å². The first kappa shape index (κ1) is 25.2. The number of aliphatic carboxylic acids is 1. The van der Waals surface area contributed by atoms with Gasteiger partial charge in [-0.05, 0) is 24.6 Å². The average Bonchev–Trinajstić information content (AvgIpc) is 2.84. The summed E-state index contributed by atoms with van der Waals surface area (Å²) >= 11 is 0. The molecule has 0 saturated carbocycles. The van der Waals surface area contributed by atoms with Crippen LogP contribution in [0.2, 0.25) is 0 Å². The maximum atomic E-state index is 12.6. The summed E-state index contributed by atoms with van der Waals surface area (Å²) in [5.74, 6) is 0.0579. The Morgan fingerprint density at radius 3 is 2.54 bits per heavy atom. The van der Waals surface area contributed by atoms with E-state index >= 15 is 0 Å². The van der Waals surface area contributed by atoms with E-state index in [1.54, 1.807) is 31.5 Å². The molecule has 2 heterocycles. The minimum absolute atomic E-state index is 0.0443. The van der Waals surface area contributed by atoms with Crippen LogP contribution in [0, 0.1) is 6.92 Å². The van der Waals surface area contributed by atoms with Gasteiger partial charge in [-0.1, -0.05) is 36.4 Å². The van der Waals surface area contributed by atoms with Crippen molar-refractivity contribution in [2.45, 2.75) is 32.5 Å². The highest BCUT2D eigenvalue weighted by molar-refractivity contribution is 5.71. The van der Waals surface area contributed by atoms with Crippen LogP contribution in [-0.2, 0) is 22.7 Å². The molecule has 3 aromatic rings. The Hall–Kier alpha value is -4.41. The van der Waals surface area contributed by atoms with Crippen molar-refractivity contribution in [1.29, 1.82) is 0 Å². The normalized spacial score (nSPS) is 11.3. The molecule has 0 aliphatic carbocycles. The second-order valence-corrected chi connectivity index (χ2v) is 7.78. The lowest BCUT2D eigenvalue weighted by Crippen LogP contribution is -2.42. The first-order valence-corrected chi connectivity index (χ1v) is 11.1. The minimum atomic E-state index is -1.12. The number of nitrogens with one attached hydrogen (secondary N) is 3. The van der Waals surface area contributed by atoms with E-state index in [2.05, 4.69) is 25.9 Å². The van der Waals surface area contributed by atoms with Crippen molar-refractivity contribution in [3.63, 3.8) is 0 Å². The number of carbonyl (C=O) groups excluding carboxylic acids is 1. The molecule has 184 valence electrons. The number of hydrogen-bond acceptors (Lipinski definition) is 8. The fraction of sp³-hybridized carbons (Fsp3) is 0.292. The molecule has 0 bridgehead atoms. The highest BCUT2D eigenvalue weighted by atomic mass is 16.5. The third kappa shape index (κ3) is 8.46. The molecule has 11 nitrogen and oxygen atoms in total. The van der Waals surface area contributed by atoms with E-state index in [9.17, 15) is 19.5 Å². The van der Waals surface area contributed by atoms with Gasteiger partial charge in [0.2, 0.25) is 0 Å². The van der Waals surface area contributed by atoms with Gasteiger partial charge < -0.3 is 25.8 Å². The fourth-order valence-corrected chi connectivity index (χ4v) is 3.29.